The Morgan fingerprint density at radius 2 is 1.70 bits per heavy atom. The van der Waals surface area contributed by atoms with Gasteiger partial charge in [-0.3, -0.25) is 0 Å². The van der Waals surface area contributed by atoms with Crippen molar-refractivity contribution in [2.45, 2.75) is 72.4 Å². The smallest absolute Gasteiger partial charge is 0.337 e. The van der Waals surface area contributed by atoms with Gasteiger partial charge in [-0.2, -0.15) is 13.2 Å². The number of hydrogen-bond donors (Lipinski definition) is 0. The molecule has 0 amide bonds. The van der Waals surface area contributed by atoms with Crippen molar-refractivity contribution in [2.75, 3.05) is 11.4 Å². The average Bonchev–Trinajstić information content (AvgIpc) is 2.90. The number of nitrogens with zero attached hydrogens (tertiary/aromatic N) is 1. The highest BCUT2D eigenvalue weighted by atomic mass is 32.1. The van der Waals surface area contributed by atoms with Gasteiger partial charge in [0.05, 0.1) is 0 Å². The fourth-order valence-electron chi connectivity index (χ4n) is 3.08. The highest BCUT2D eigenvalue weighted by Crippen LogP contribution is 2.44. The molecule has 0 saturated carbocycles. The van der Waals surface area contributed by atoms with Crippen LogP contribution in [0.4, 0.5) is 18.2 Å². The molecule has 1 nitrogen and oxygen atoms in total. The molecule has 0 saturated heterocycles. The first-order valence-electron chi connectivity index (χ1n) is 9.52. The van der Waals surface area contributed by atoms with Gasteiger partial charge in [0.2, 0.25) is 0 Å². The molecule has 0 aliphatic heterocycles. The highest BCUT2D eigenvalue weighted by Gasteiger charge is 2.29. The molecule has 0 spiro atoms. The van der Waals surface area contributed by atoms with Gasteiger partial charge in [0, 0.05) is 29.1 Å². The van der Waals surface area contributed by atoms with Crippen molar-refractivity contribution in [3.8, 4) is 0 Å². The molecular formula is C22H32F3NS. The molecule has 0 unspecified atom stereocenters. The minimum Gasteiger partial charge on any atom is -0.337 e. The second-order valence-corrected chi connectivity index (χ2v) is 8.06. The van der Waals surface area contributed by atoms with Crippen LogP contribution in [0.3, 0.4) is 0 Å². The maximum atomic E-state index is 12.7. The summed E-state index contributed by atoms with van der Waals surface area (Å²) in [5.74, 6) is 0. The quantitative estimate of drug-likeness (QED) is 0.361. The van der Waals surface area contributed by atoms with Gasteiger partial charge in [-0.15, -0.1) is 11.3 Å². The molecule has 27 heavy (non-hydrogen) atoms. The lowest BCUT2D eigenvalue weighted by molar-refractivity contribution is -0.134. The van der Waals surface area contributed by atoms with Gasteiger partial charge >= 0.3 is 6.18 Å². The molecule has 0 aliphatic rings. The fraction of sp³-hybridized carbons (Fsp3) is 0.545. The van der Waals surface area contributed by atoms with Crippen LogP contribution >= 0.6 is 11.3 Å². The second kappa shape index (κ2) is 10.2. The normalized spacial score (nSPS) is 11.5. The zero-order valence-electron chi connectivity index (χ0n) is 17.1. The summed E-state index contributed by atoms with van der Waals surface area (Å²) in [5.41, 5.74) is 4.64. The third kappa shape index (κ3) is 6.56. The van der Waals surface area contributed by atoms with E-state index in [1.807, 2.05) is 11.8 Å². The van der Waals surface area contributed by atoms with E-state index in [4.69, 9.17) is 0 Å². The van der Waals surface area contributed by atoms with Crippen molar-refractivity contribution in [1.29, 1.82) is 0 Å². The largest absolute Gasteiger partial charge is 0.389 e. The van der Waals surface area contributed by atoms with Crippen LogP contribution < -0.4 is 4.90 Å². The van der Waals surface area contributed by atoms with E-state index in [1.165, 1.54) is 0 Å². The van der Waals surface area contributed by atoms with E-state index in [2.05, 4.69) is 40.5 Å². The van der Waals surface area contributed by atoms with Gasteiger partial charge in [-0.1, -0.05) is 46.4 Å². The number of anilines is 1. The summed E-state index contributed by atoms with van der Waals surface area (Å²) in [6.45, 7) is 21.2. The molecule has 0 aliphatic carbocycles. The van der Waals surface area contributed by atoms with E-state index in [0.717, 1.165) is 57.8 Å². The molecule has 0 aromatic carbocycles. The summed E-state index contributed by atoms with van der Waals surface area (Å²) in [6.07, 6.45) is -1.36. The van der Waals surface area contributed by atoms with Gasteiger partial charge < -0.3 is 4.90 Å². The Hall–Kier alpha value is -1.49. The number of thiophene rings is 1. The Bertz CT molecular complexity index is 682. The Labute approximate surface area is 166 Å². The molecule has 5 heteroatoms. The van der Waals surface area contributed by atoms with Crippen molar-refractivity contribution in [3.05, 3.63) is 41.4 Å². The van der Waals surface area contributed by atoms with E-state index in [9.17, 15) is 13.2 Å². The van der Waals surface area contributed by atoms with E-state index in [-0.39, 0.29) is 6.42 Å². The molecule has 1 rings (SSSR count). The lowest BCUT2D eigenvalue weighted by Crippen LogP contribution is -2.24. The number of unbranched alkanes of at least 4 members (excludes halogenated alkanes) is 1. The van der Waals surface area contributed by atoms with Gasteiger partial charge in [-0.05, 0) is 49.8 Å². The van der Waals surface area contributed by atoms with Crippen molar-refractivity contribution in [2.24, 2.45) is 0 Å². The van der Waals surface area contributed by atoms with Crippen molar-refractivity contribution >= 4 is 27.5 Å². The number of halogens is 3. The average molecular weight is 400 g/mol. The molecule has 0 atom stereocenters. The Kier molecular flexibility index (Phi) is 8.86. The minimum atomic E-state index is -4.18. The lowest BCUT2D eigenvalue weighted by Gasteiger charge is -2.27. The van der Waals surface area contributed by atoms with E-state index in [1.54, 1.807) is 11.3 Å². The van der Waals surface area contributed by atoms with Crippen LogP contribution in [0.5, 0.6) is 0 Å². The van der Waals surface area contributed by atoms with Crippen LogP contribution in [0, 0.1) is 6.92 Å². The Balaban J connectivity index is 3.34. The first-order chi connectivity index (χ1) is 12.5. The summed E-state index contributed by atoms with van der Waals surface area (Å²) in [6, 6.07) is 0. The number of alkyl halides is 3. The van der Waals surface area contributed by atoms with Crippen LogP contribution in [0.15, 0.2) is 25.4 Å². The van der Waals surface area contributed by atoms with Gasteiger partial charge in [-0.25, -0.2) is 0 Å². The van der Waals surface area contributed by atoms with E-state index >= 15 is 0 Å². The summed E-state index contributed by atoms with van der Waals surface area (Å²) >= 11 is 1.61. The third-order valence-corrected chi connectivity index (χ3v) is 5.90. The van der Waals surface area contributed by atoms with Crippen LogP contribution in [0.1, 0.15) is 75.3 Å². The fourth-order valence-corrected chi connectivity index (χ4v) is 4.54. The SMILES string of the molecule is C=C(CCC)c1sc(N(CCCC)C(=C)CCC(F)(F)F)c(C(=C)C)c1C. The standard InChI is InChI=1S/C22H32F3NS/c1-8-10-14-26(17(6)12-13-22(23,24)25)21-19(15(3)4)18(7)20(27-21)16(5)11-9-2/h3,5-6,8-14H2,1-2,4,7H3. The molecule has 0 bridgehead atoms. The van der Waals surface area contributed by atoms with Gasteiger partial charge in [0.1, 0.15) is 5.00 Å². The molecule has 152 valence electrons. The molecular weight excluding hydrogens is 367 g/mol. The molecule has 1 heterocycles. The van der Waals surface area contributed by atoms with Crippen LogP contribution in [0.2, 0.25) is 0 Å². The van der Waals surface area contributed by atoms with Gasteiger partial charge in [0.25, 0.3) is 0 Å². The number of rotatable bonds is 11. The van der Waals surface area contributed by atoms with Crippen LogP contribution in [0.25, 0.3) is 11.1 Å². The maximum absolute atomic E-state index is 12.7. The predicted octanol–water partition coefficient (Wildman–Crippen LogP) is 8.37. The van der Waals surface area contributed by atoms with E-state index in [0.29, 0.717) is 12.2 Å². The first kappa shape index (κ1) is 23.5. The van der Waals surface area contributed by atoms with Gasteiger partial charge in [0.15, 0.2) is 0 Å². The molecule has 1 aromatic heterocycles. The van der Waals surface area contributed by atoms with E-state index < -0.39 is 12.6 Å². The molecule has 0 radical (unpaired) electrons. The zero-order valence-corrected chi connectivity index (χ0v) is 17.9. The number of allylic oxidation sites excluding steroid dienone is 3. The summed E-state index contributed by atoms with van der Waals surface area (Å²) < 4.78 is 38.2. The summed E-state index contributed by atoms with van der Waals surface area (Å²) in [7, 11) is 0. The molecule has 0 N–H and O–H groups in total. The predicted molar refractivity (Wildman–Crippen MR) is 114 cm³/mol. The summed E-state index contributed by atoms with van der Waals surface area (Å²) in [4.78, 5) is 3.09. The molecule has 1 aromatic rings. The minimum absolute atomic E-state index is 0.0922. The Morgan fingerprint density at radius 1 is 1.07 bits per heavy atom. The summed E-state index contributed by atoms with van der Waals surface area (Å²) in [5, 5.41) is 0.952. The van der Waals surface area contributed by atoms with Crippen LogP contribution in [-0.2, 0) is 0 Å². The Morgan fingerprint density at radius 3 is 2.19 bits per heavy atom. The number of hydrogen-bond acceptors (Lipinski definition) is 2. The first-order valence-corrected chi connectivity index (χ1v) is 10.3. The van der Waals surface area contributed by atoms with Crippen LogP contribution in [-0.4, -0.2) is 12.7 Å². The van der Waals surface area contributed by atoms with Crippen molar-refractivity contribution in [3.63, 3.8) is 0 Å². The monoisotopic (exact) mass is 399 g/mol. The zero-order chi connectivity index (χ0) is 20.8. The highest BCUT2D eigenvalue weighted by molar-refractivity contribution is 7.17. The topological polar surface area (TPSA) is 3.24 Å². The molecule has 0 fully saturated rings. The lowest BCUT2D eigenvalue weighted by atomic mass is 10.0. The maximum Gasteiger partial charge on any atom is 0.389 e. The third-order valence-electron chi connectivity index (χ3n) is 4.49. The van der Waals surface area contributed by atoms with Crippen molar-refractivity contribution < 1.29 is 13.2 Å². The second-order valence-electron chi connectivity index (χ2n) is 7.06. The van der Waals surface area contributed by atoms with Crippen molar-refractivity contribution in [1.82, 2.24) is 0 Å².